The molecular formula is C13H14BrN3. The van der Waals surface area contributed by atoms with Gasteiger partial charge in [0, 0.05) is 35.8 Å². The van der Waals surface area contributed by atoms with Crippen LogP contribution in [0.4, 0.5) is 0 Å². The number of halogens is 1. The van der Waals surface area contributed by atoms with Gasteiger partial charge in [0.1, 0.15) is 0 Å². The smallest absolute Gasteiger partial charge is 0.0410 e. The minimum Gasteiger partial charge on any atom is -0.312 e. The summed E-state index contributed by atoms with van der Waals surface area (Å²) >= 11 is 3.41. The van der Waals surface area contributed by atoms with Crippen molar-refractivity contribution < 1.29 is 0 Å². The molecule has 4 heteroatoms. The van der Waals surface area contributed by atoms with Crippen LogP contribution >= 0.6 is 15.9 Å². The fraction of sp³-hybridized carbons (Fsp3) is 0.231. The molecular weight excluding hydrogens is 278 g/mol. The van der Waals surface area contributed by atoms with E-state index in [9.17, 15) is 0 Å². The summed E-state index contributed by atoms with van der Waals surface area (Å²) < 4.78 is 1.02. The van der Waals surface area contributed by atoms with Crippen molar-refractivity contribution in [2.75, 3.05) is 6.54 Å². The van der Waals surface area contributed by atoms with Crippen LogP contribution in [0.3, 0.4) is 0 Å². The molecule has 0 radical (unpaired) electrons. The Hall–Kier alpha value is -1.26. The summed E-state index contributed by atoms with van der Waals surface area (Å²) in [7, 11) is 0. The monoisotopic (exact) mass is 291 g/mol. The SMILES string of the molecule is Brc1cncc(CNCCc2ccncc2)c1. The molecule has 0 saturated heterocycles. The first-order valence-electron chi connectivity index (χ1n) is 5.53. The third-order valence-corrected chi connectivity index (χ3v) is 2.86. The molecule has 0 fully saturated rings. The maximum absolute atomic E-state index is 4.13. The highest BCUT2D eigenvalue weighted by atomic mass is 79.9. The molecule has 3 nitrogen and oxygen atoms in total. The Balaban J connectivity index is 1.73. The van der Waals surface area contributed by atoms with Gasteiger partial charge < -0.3 is 5.32 Å². The van der Waals surface area contributed by atoms with Crippen LogP contribution in [0.2, 0.25) is 0 Å². The van der Waals surface area contributed by atoms with Crippen molar-refractivity contribution in [3.8, 4) is 0 Å². The largest absolute Gasteiger partial charge is 0.312 e. The summed E-state index contributed by atoms with van der Waals surface area (Å²) in [6, 6.07) is 6.16. The van der Waals surface area contributed by atoms with Crippen molar-refractivity contribution in [3.05, 3.63) is 58.6 Å². The van der Waals surface area contributed by atoms with Crippen molar-refractivity contribution in [1.82, 2.24) is 15.3 Å². The predicted octanol–water partition coefficient (Wildman–Crippen LogP) is 2.57. The second-order valence-electron chi connectivity index (χ2n) is 3.79. The molecule has 0 aliphatic rings. The average molecular weight is 292 g/mol. The fourth-order valence-electron chi connectivity index (χ4n) is 1.57. The van der Waals surface area contributed by atoms with Gasteiger partial charge in [-0.15, -0.1) is 0 Å². The van der Waals surface area contributed by atoms with Crippen LogP contribution in [0, 0.1) is 0 Å². The highest BCUT2D eigenvalue weighted by Crippen LogP contribution is 2.09. The summed E-state index contributed by atoms with van der Waals surface area (Å²) in [5.41, 5.74) is 2.49. The molecule has 0 aromatic carbocycles. The summed E-state index contributed by atoms with van der Waals surface area (Å²) in [5, 5.41) is 3.40. The van der Waals surface area contributed by atoms with E-state index in [1.807, 2.05) is 30.7 Å². The highest BCUT2D eigenvalue weighted by Gasteiger charge is 1.95. The summed E-state index contributed by atoms with van der Waals surface area (Å²) in [6.07, 6.45) is 8.34. The molecule has 0 saturated carbocycles. The Bertz CT molecular complexity index is 459. The van der Waals surface area contributed by atoms with E-state index in [1.54, 1.807) is 6.20 Å². The maximum atomic E-state index is 4.13. The summed E-state index contributed by atoms with van der Waals surface area (Å²) in [4.78, 5) is 8.12. The second-order valence-corrected chi connectivity index (χ2v) is 4.71. The number of nitrogens with zero attached hydrogens (tertiary/aromatic N) is 2. The Kier molecular flexibility index (Phi) is 4.64. The number of hydrogen-bond acceptors (Lipinski definition) is 3. The lowest BCUT2D eigenvalue weighted by Gasteiger charge is -2.05. The third-order valence-electron chi connectivity index (χ3n) is 2.43. The number of hydrogen-bond donors (Lipinski definition) is 1. The molecule has 0 bridgehead atoms. The van der Waals surface area contributed by atoms with E-state index >= 15 is 0 Å². The molecule has 0 unspecified atom stereocenters. The fourth-order valence-corrected chi connectivity index (χ4v) is 1.98. The van der Waals surface area contributed by atoms with Gasteiger partial charge in [0.15, 0.2) is 0 Å². The van der Waals surface area contributed by atoms with Crippen molar-refractivity contribution in [1.29, 1.82) is 0 Å². The van der Waals surface area contributed by atoms with E-state index < -0.39 is 0 Å². The quantitative estimate of drug-likeness (QED) is 0.861. The highest BCUT2D eigenvalue weighted by molar-refractivity contribution is 9.10. The maximum Gasteiger partial charge on any atom is 0.0410 e. The average Bonchev–Trinajstić information content (AvgIpc) is 2.36. The predicted molar refractivity (Wildman–Crippen MR) is 71.6 cm³/mol. The summed E-state index contributed by atoms with van der Waals surface area (Å²) in [5.74, 6) is 0. The second kappa shape index (κ2) is 6.47. The molecule has 0 spiro atoms. The molecule has 2 rings (SSSR count). The van der Waals surface area contributed by atoms with E-state index in [2.05, 4.69) is 37.3 Å². The van der Waals surface area contributed by atoms with Gasteiger partial charge in [0.2, 0.25) is 0 Å². The minimum atomic E-state index is 0.845. The van der Waals surface area contributed by atoms with E-state index in [4.69, 9.17) is 0 Å². The van der Waals surface area contributed by atoms with Crippen LogP contribution in [0.25, 0.3) is 0 Å². The van der Waals surface area contributed by atoms with E-state index in [-0.39, 0.29) is 0 Å². The molecule has 2 aromatic heterocycles. The number of pyridine rings is 2. The molecule has 17 heavy (non-hydrogen) atoms. The minimum absolute atomic E-state index is 0.845. The third kappa shape index (κ3) is 4.24. The van der Waals surface area contributed by atoms with Gasteiger partial charge in [0.25, 0.3) is 0 Å². The molecule has 0 aliphatic carbocycles. The Morgan fingerprint density at radius 3 is 2.65 bits per heavy atom. The van der Waals surface area contributed by atoms with Gasteiger partial charge in [-0.1, -0.05) is 0 Å². The van der Waals surface area contributed by atoms with Crippen LogP contribution < -0.4 is 5.32 Å². The van der Waals surface area contributed by atoms with E-state index in [0.717, 1.165) is 24.0 Å². The van der Waals surface area contributed by atoms with Crippen LogP contribution in [0.5, 0.6) is 0 Å². The summed E-state index contributed by atoms with van der Waals surface area (Å²) in [6.45, 7) is 1.80. The lowest BCUT2D eigenvalue weighted by molar-refractivity contribution is 0.684. The van der Waals surface area contributed by atoms with Gasteiger partial charge in [0.05, 0.1) is 0 Å². The molecule has 2 heterocycles. The van der Waals surface area contributed by atoms with Gasteiger partial charge in [-0.2, -0.15) is 0 Å². The van der Waals surface area contributed by atoms with Gasteiger partial charge in [-0.05, 0) is 58.2 Å². The van der Waals surface area contributed by atoms with Crippen LogP contribution in [0.1, 0.15) is 11.1 Å². The molecule has 0 atom stereocenters. The lowest BCUT2D eigenvalue weighted by atomic mass is 10.2. The first-order chi connectivity index (χ1) is 8.34. The Morgan fingerprint density at radius 2 is 1.88 bits per heavy atom. The van der Waals surface area contributed by atoms with Crippen molar-refractivity contribution in [2.45, 2.75) is 13.0 Å². The Labute approximate surface area is 109 Å². The van der Waals surface area contributed by atoms with Crippen LogP contribution in [0.15, 0.2) is 47.5 Å². The number of nitrogens with one attached hydrogen (secondary N) is 1. The first-order valence-corrected chi connectivity index (χ1v) is 6.33. The normalized spacial score (nSPS) is 10.4. The van der Waals surface area contributed by atoms with Gasteiger partial charge >= 0.3 is 0 Å². The zero-order chi connectivity index (χ0) is 11.9. The standard InChI is InChI=1S/C13H14BrN3/c14-13-7-12(9-17-10-13)8-16-6-3-11-1-4-15-5-2-11/h1-2,4-5,7,9-10,16H,3,6,8H2. The van der Waals surface area contributed by atoms with Crippen molar-refractivity contribution >= 4 is 15.9 Å². The molecule has 1 N–H and O–H groups in total. The molecule has 2 aromatic rings. The topological polar surface area (TPSA) is 37.8 Å². The zero-order valence-electron chi connectivity index (χ0n) is 9.44. The first kappa shape index (κ1) is 12.2. The van der Waals surface area contributed by atoms with E-state index in [0.29, 0.717) is 0 Å². The van der Waals surface area contributed by atoms with Crippen molar-refractivity contribution in [2.24, 2.45) is 0 Å². The zero-order valence-corrected chi connectivity index (χ0v) is 11.0. The molecule has 0 aliphatic heterocycles. The van der Waals surface area contributed by atoms with Gasteiger partial charge in [-0.3, -0.25) is 9.97 Å². The Morgan fingerprint density at radius 1 is 1.06 bits per heavy atom. The molecule has 0 amide bonds. The number of aromatic nitrogens is 2. The van der Waals surface area contributed by atoms with E-state index in [1.165, 1.54) is 11.1 Å². The number of rotatable bonds is 5. The molecule has 88 valence electrons. The lowest BCUT2D eigenvalue weighted by Crippen LogP contribution is -2.16. The van der Waals surface area contributed by atoms with Gasteiger partial charge in [-0.25, -0.2) is 0 Å². The van der Waals surface area contributed by atoms with Crippen LogP contribution in [-0.2, 0) is 13.0 Å². The van der Waals surface area contributed by atoms with Crippen LogP contribution in [-0.4, -0.2) is 16.5 Å². The van der Waals surface area contributed by atoms with Crippen molar-refractivity contribution in [3.63, 3.8) is 0 Å².